The van der Waals surface area contributed by atoms with E-state index in [4.69, 9.17) is 9.84 Å². The highest BCUT2D eigenvalue weighted by Crippen LogP contribution is 2.23. The van der Waals surface area contributed by atoms with Crippen molar-refractivity contribution in [1.29, 1.82) is 0 Å². The molecule has 1 saturated carbocycles. The molecule has 0 aliphatic heterocycles. The summed E-state index contributed by atoms with van der Waals surface area (Å²) in [6.07, 6.45) is 5.90. The average Bonchev–Trinajstić information content (AvgIpc) is 2.14. The Balaban J connectivity index is 2.26. The number of ether oxygens (including phenoxy) is 1. The maximum absolute atomic E-state index is 9.16. The van der Waals surface area contributed by atoms with E-state index in [0.717, 1.165) is 32.1 Å². The summed E-state index contributed by atoms with van der Waals surface area (Å²) in [4.78, 5) is 0. The van der Waals surface area contributed by atoms with Crippen molar-refractivity contribution >= 4 is 0 Å². The van der Waals surface area contributed by atoms with E-state index in [1.54, 1.807) is 7.11 Å². The molecule has 10 heavy (non-hydrogen) atoms. The fourth-order valence-electron chi connectivity index (χ4n) is 1.37. The second-order valence-electron chi connectivity index (χ2n) is 2.85. The van der Waals surface area contributed by atoms with Gasteiger partial charge < -0.3 is 9.84 Å². The third-order valence-electron chi connectivity index (χ3n) is 2.08. The lowest BCUT2D eigenvalue weighted by Gasteiger charge is -2.10. The van der Waals surface area contributed by atoms with Crippen molar-refractivity contribution in [3.63, 3.8) is 0 Å². The lowest BCUT2D eigenvalue weighted by molar-refractivity contribution is 0.0888. The number of rotatable bonds is 1. The number of hydrogen-bond acceptors (Lipinski definition) is 2. The Morgan fingerprint density at radius 1 is 1.40 bits per heavy atom. The van der Waals surface area contributed by atoms with Gasteiger partial charge in [-0.25, -0.2) is 0 Å². The van der Waals surface area contributed by atoms with Crippen LogP contribution in [0, 0.1) is 6.10 Å². The Kier molecular flexibility index (Phi) is 3.16. The van der Waals surface area contributed by atoms with Crippen molar-refractivity contribution in [2.75, 3.05) is 7.11 Å². The zero-order valence-electron chi connectivity index (χ0n) is 6.47. The minimum atomic E-state index is 0.379. The Morgan fingerprint density at radius 2 is 2.20 bits per heavy atom. The van der Waals surface area contributed by atoms with Crippen molar-refractivity contribution in [1.82, 2.24) is 0 Å². The van der Waals surface area contributed by atoms with Gasteiger partial charge in [0.2, 0.25) is 0 Å². The second kappa shape index (κ2) is 3.94. The van der Waals surface area contributed by atoms with E-state index in [1.807, 2.05) is 0 Å². The molecule has 0 spiro atoms. The van der Waals surface area contributed by atoms with Gasteiger partial charge in [-0.2, -0.15) is 0 Å². The van der Waals surface area contributed by atoms with Crippen LogP contribution in [0.5, 0.6) is 0 Å². The van der Waals surface area contributed by atoms with E-state index in [9.17, 15) is 0 Å². The van der Waals surface area contributed by atoms with Crippen LogP contribution in [0.25, 0.3) is 0 Å². The van der Waals surface area contributed by atoms with E-state index in [2.05, 4.69) is 0 Å². The van der Waals surface area contributed by atoms with Crippen LogP contribution in [0.2, 0.25) is 0 Å². The van der Waals surface area contributed by atoms with Crippen LogP contribution in [0.4, 0.5) is 0 Å². The van der Waals surface area contributed by atoms with Gasteiger partial charge in [-0.3, -0.25) is 0 Å². The summed E-state index contributed by atoms with van der Waals surface area (Å²) < 4.78 is 5.20. The van der Waals surface area contributed by atoms with Crippen molar-refractivity contribution in [3.05, 3.63) is 6.10 Å². The van der Waals surface area contributed by atoms with Crippen LogP contribution >= 0.6 is 0 Å². The van der Waals surface area contributed by atoms with Gasteiger partial charge in [-0.05, 0) is 32.1 Å². The Bertz CT molecular complexity index is 93.3. The molecular formula is C8H15O2. The number of aliphatic hydroxyl groups excluding tert-OH is 1. The summed E-state index contributed by atoms with van der Waals surface area (Å²) in [6, 6.07) is 0. The fourth-order valence-corrected chi connectivity index (χ4v) is 1.37. The zero-order valence-corrected chi connectivity index (χ0v) is 6.47. The summed E-state index contributed by atoms with van der Waals surface area (Å²) in [5.41, 5.74) is 0. The molecule has 1 aliphatic rings. The van der Waals surface area contributed by atoms with Gasteiger partial charge in [0.05, 0.1) is 12.2 Å². The summed E-state index contributed by atoms with van der Waals surface area (Å²) in [5, 5.41) is 9.16. The van der Waals surface area contributed by atoms with E-state index in [1.165, 1.54) is 0 Å². The Labute approximate surface area is 62.2 Å². The Hall–Kier alpha value is -0.0800. The lowest BCUT2D eigenvalue weighted by atomic mass is 10.1. The molecule has 0 aromatic heterocycles. The van der Waals surface area contributed by atoms with Gasteiger partial charge in [-0.1, -0.05) is 0 Å². The monoisotopic (exact) mass is 143 g/mol. The van der Waals surface area contributed by atoms with E-state index in [0.29, 0.717) is 12.2 Å². The van der Waals surface area contributed by atoms with E-state index < -0.39 is 0 Å². The maximum atomic E-state index is 9.16. The van der Waals surface area contributed by atoms with Crippen LogP contribution in [-0.2, 0) is 4.74 Å². The first-order chi connectivity index (χ1) is 4.83. The van der Waals surface area contributed by atoms with Crippen molar-refractivity contribution < 1.29 is 9.84 Å². The highest BCUT2D eigenvalue weighted by atomic mass is 16.5. The number of aliphatic hydroxyl groups is 1. The van der Waals surface area contributed by atoms with Crippen molar-refractivity contribution in [2.45, 2.75) is 38.2 Å². The molecule has 2 heteroatoms. The van der Waals surface area contributed by atoms with Crippen LogP contribution in [0.3, 0.4) is 0 Å². The SMILES string of the molecule is COC1CCC[C](O)CC1. The molecule has 1 aliphatic carbocycles. The first kappa shape index (κ1) is 8.02. The van der Waals surface area contributed by atoms with E-state index in [-0.39, 0.29) is 0 Å². The molecule has 1 radical (unpaired) electrons. The molecule has 1 fully saturated rings. The zero-order chi connectivity index (χ0) is 7.40. The first-order valence-corrected chi connectivity index (χ1v) is 3.89. The summed E-state index contributed by atoms with van der Waals surface area (Å²) in [6.45, 7) is 0. The minimum absolute atomic E-state index is 0.379. The minimum Gasteiger partial charge on any atom is -0.387 e. The quantitative estimate of drug-likeness (QED) is 0.568. The molecule has 0 saturated heterocycles. The summed E-state index contributed by atoms with van der Waals surface area (Å²) in [5.74, 6) is 0. The van der Waals surface area contributed by atoms with Crippen molar-refractivity contribution in [3.8, 4) is 0 Å². The third-order valence-corrected chi connectivity index (χ3v) is 2.08. The standard InChI is InChI=1S/C8H15O2/c1-10-8-4-2-3-7(9)5-6-8/h8-9H,2-6H2,1H3. The summed E-state index contributed by atoms with van der Waals surface area (Å²) in [7, 11) is 1.74. The highest BCUT2D eigenvalue weighted by molar-refractivity contribution is 4.81. The van der Waals surface area contributed by atoms with Gasteiger partial charge >= 0.3 is 0 Å². The van der Waals surface area contributed by atoms with Crippen molar-refractivity contribution in [2.24, 2.45) is 0 Å². The summed E-state index contributed by atoms with van der Waals surface area (Å²) >= 11 is 0. The molecule has 0 aromatic carbocycles. The number of hydrogen-bond donors (Lipinski definition) is 1. The normalized spacial score (nSPS) is 30.0. The van der Waals surface area contributed by atoms with Gasteiger partial charge in [0.15, 0.2) is 0 Å². The Morgan fingerprint density at radius 3 is 2.90 bits per heavy atom. The van der Waals surface area contributed by atoms with E-state index >= 15 is 0 Å². The van der Waals surface area contributed by atoms with Crippen LogP contribution in [0.15, 0.2) is 0 Å². The molecule has 1 rings (SSSR count). The molecule has 59 valence electrons. The molecule has 0 aromatic rings. The molecule has 0 heterocycles. The first-order valence-electron chi connectivity index (χ1n) is 3.89. The van der Waals surface area contributed by atoms with Crippen LogP contribution in [0.1, 0.15) is 32.1 Å². The second-order valence-corrected chi connectivity index (χ2v) is 2.85. The van der Waals surface area contributed by atoms with Gasteiger partial charge in [0.25, 0.3) is 0 Å². The molecule has 1 N–H and O–H groups in total. The number of methoxy groups -OCH3 is 1. The van der Waals surface area contributed by atoms with Crippen LogP contribution < -0.4 is 0 Å². The molecular weight excluding hydrogens is 128 g/mol. The maximum Gasteiger partial charge on any atom is 0.0934 e. The van der Waals surface area contributed by atoms with Gasteiger partial charge in [-0.15, -0.1) is 0 Å². The van der Waals surface area contributed by atoms with Crippen LogP contribution in [-0.4, -0.2) is 18.3 Å². The fraction of sp³-hybridized carbons (Fsp3) is 0.875. The third kappa shape index (κ3) is 2.27. The van der Waals surface area contributed by atoms with Gasteiger partial charge in [0.1, 0.15) is 0 Å². The molecule has 1 atom stereocenters. The molecule has 2 nitrogen and oxygen atoms in total. The average molecular weight is 143 g/mol. The predicted molar refractivity (Wildman–Crippen MR) is 39.1 cm³/mol. The highest BCUT2D eigenvalue weighted by Gasteiger charge is 2.16. The lowest BCUT2D eigenvalue weighted by Crippen LogP contribution is -2.08. The molecule has 1 unspecified atom stereocenters. The van der Waals surface area contributed by atoms with Gasteiger partial charge in [0, 0.05) is 7.11 Å². The smallest absolute Gasteiger partial charge is 0.0934 e. The predicted octanol–water partition coefficient (Wildman–Crippen LogP) is 1.87. The molecule has 0 amide bonds. The topological polar surface area (TPSA) is 29.5 Å². The molecule has 0 bridgehead atoms. The largest absolute Gasteiger partial charge is 0.387 e.